The number of allylic oxidation sites excluding steroid dienone is 1. The van der Waals surface area contributed by atoms with Gasteiger partial charge >= 0.3 is 5.97 Å². The van der Waals surface area contributed by atoms with E-state index in [1.54, 1.807) is 6.08 Å². The molecule has 3 heterocycles. The van der Waals surface area contributed by atoms with Crippen LogP contribution in [-0.2, 0) is 38.0 Å². The van der Waals surface area contributed by atoms with E-state index in [4.69, 9.17) is 33.2 Å². The highest BCUT2D eigenvalue weighted by Gasteiger charge is 2.54. The summed E-state index contributed by atoms with van der Waals surface area (Å²) in [5.41, 5.74) is 0. The van der Waals surface area contributed by atoms with Gasteiger partial charge in [0.1, 0.15) is 61.5 Å². The molecule has 0 aromatic heterocycles. The third kappa shape index (κ3) is 10.2. The largest absolute Gasteiger partial charge is 0.460 e. The van der Waals surface area contributed by atoms with Gasteiger partial charge in [-0.1, -0.05) is 6.08 Å². The number of aliphatic hydroxyl groups excluding tert-OH is 12. The van der Waals surface area contributed by atoms with Crippen molar-refractivity contribution in [2.45, 2.75) is 174 Å². The minimum Gasteiger partial charge on any atom is -0.460 e. The minimum atomic E-state index is -1.79. The Kier molecular flexibility index (Phi) is 15.4. The van der Waals surface area contributed by atoms with Gasteiger partial charge in [-0.3, -0.25) is 0 Å². The zero-order valence-electron chi connectivity index (χ0n) is 31.6. The molecule has 0 aromatic rings. The fourth-order valence-electron chi connectivity index (χ4n) is 9.29. The number of fused-ring (bicyclic) bond motifs is 1. The van der Waals surface area contributed by atoms with Gasteiger partial charge in [0, 0.05) is 25.5 Å². The van der Waals surface area contributed by atoms with E-state index >= 15 is 0 Å². The Labute approximate surface area is 329 Å². The van der Waals surface area contributed by atoms with Crippen molar-refractivity contribution in [3.05, 3.63) is 12.2 Å². The fourth-order valence-corrected chi connectivity index (χ4v) is 9.29. The number of aliphatic hydroxyl groups is 12. The molecular weight excluding hydrogens is 764 g/mol. The Balaban J connectivity index is 1.15. The molecule has 6 fully saturated rings. The number of carbonyl (C=O) groups is 1. The molecule has 0 amide bonds. The number of ether oxygens (including phenoxy) is 7. The Bertz CT molecular complexity index is 1310. The topological polar surface area (TPSA) is 324 Å². The Morgan fingerprint density at radius 2 is 1.25 bits per heavy atom. The first-order valence-electron chi connectivity index (χ1n) is 19.8. The summed E-state index contributed by atoms with van der Waals surface area (Å²) in [6.45, 7) is -1.24. The van der Waals surface area contributed by atoms with Crippen LogP contribution in [0.5, 0.6) is 0 Å². The van der Waals surface area contributed by atoms with Gasteiger partial charge < -0.3 is 94.4 Å². The van der Waals surface area contributed by atoms with Crippen molar-refractivity contribution in [1.82, 2.24) is 0 Å². The summed E-state index contributed by atoms with van der Waals surface area (Å²) in [7, 11) is 1.50. The smallest absolute Gasteiger partial charge is 0.330 e. The van der Waals surface area contributed by atoms with Crippen molar-refractivity contribution in [2.24, 2.45) is 17.8 Å². The number of hydrogen-bond acceptors (Lipinski definition) is 20. The molecule has 0 aromatic carbocycles. The maximum Gasteiger partial charge on any atom is 0.330 e. The first kappa shape index (κ1) is 45.0. The number of hydrogen-bond donors (Lipinski definition) is 12. The lowest BCUT2D eigenvalue weighted by atomic mass is 9.72. The summed E-state index contributed by atoms with van der Waals surface area (Å²) in [6, 6.07) is 0. The molecular formula is C37H60O20. The molecule has 3 saturated heterocycles. The average Bonchev–Trinajstić information content (AvgIpc) is 3.19. The molecule has 0 radical (unpaired) electrons. The maximum atomic E-state index is 12.6. The summed E-state index contributed by atoms with van der Waals surface area (Å²) in [4.78, 5) is 12.6. The van der Waals surface area contributed by atoms with Gasteiger partial charge in [0.2, 0.25) is 0 Å². The predicted octanol–water partition coefficient (Wildman–Crippen LogP) is -4.94. The van der Waals surface area contributed by atoms with Crippen LogP contribution in [0.25, 0.3) is 0 Å². The standard InChI is InChI=1S/C37H60O20/c1-51-23-6-14(2-4-18(23)40)3-5-27(43)52-13-26-30(46)32(48)34(50)36(57-26)54-22-10-16(39)9-21-17(22)11-24(35(53-21)15-7-19(41)28(44)20(42)8-15)55-37-33(49)31(47)29(45)25(12-38)56-37/h3,5,14-26,28-42,44-50H,2,4,6-13H2,1H3. The third-order valence-corrected chi connectivity index (χ3v) is 12.6. The van der Waals surface area contributed by atoms with E-state index in [2.05, 4.69) is 0 Å². The van der Waals surface area contributed by atoms with E-state index < -0.39 is 147 Å². The highest BCUT2D eigenvalue weighted by atomic mass is 16.7. The Hall–Kier alpha value is -1.51. The van der Waals surface area contributed by atoms with Crippen LogP contribution in [0, 0.1) is 17.8 Å². The normalized spacial score (nSPS) is 51.0. The van der Waals surface area contributed by atoms with Crippen LogP contribution in [0.4, 0.5) is 0 Å². The third-order valence-electron chi connectivity index (χ3n) is 12.6. The molecule has 20 nitrogen and oxygen atoms in total. The second-order valence-corrected chi connectivity index (χ2v) is 16.5. The van der Waals surface area contributed by atoms with Gasteiger partial charge in [0.25, 0.3) is 0 Å². The second-order valence-electron chi connectivity index (χ2n) is 16.5. The molecule has 20 heteroatoms. The Morgan fingerprint density at radius 1 is 0.632 bits per heavy atom. The summed E-state index contributed by atoms with van der Waals surface area (Å²) in [5, 5.41) is 126. The molecule has 21 unspecified atom stereocenters. The van der Waals surface area contributed by atoms with Gasteiger partial charge in [-0.05, 0) is 56.8 Å². The van der Waals surface area contributed by atoms with Crippen molar-refractivity contribution in [1.29, 1.82) is 0 Å². The van der Waals surface area contributed by atoms with E-state index in [1.807, 2.05) is 0 Å². The van der Waals surface area contributed by atoms with Gasteiger partial charge in [-0.15, -0.1) is 0 Å². The Morgan fingerprint density at radius 3 is 1.88 bits per heavy atom. The number of methoxy groups -OCH3 is 1. The van der Waals surface area contributed by atoms with Crippen LogP contribution in [0.3, 0.4) is 0 Å². The predicted molar refractivity (Wildman–Crippen MR) is 187 cm³/mol. The lowest BCUT2D eigenvalue weighted by Gasteiger charge is -2.52. The van der Waals surface area contributed by atoms with Crippen molar-refractivity contribution in [3.63, 3.8) is 0 Å². The summed E-state index contributed by atoms with van der Waals surface area (Å²) in [6.07, 6.45) is -21.2. The van der Waals surface area contributed by atoms with Crippen LogP contribution < -0.4 is 0 Å². The fraction of sp³-hybridized carbons (Fsp3) is 0.919. The van der Waals surface area contributed by atoms with Crippen LogP contribution in [0.15, 0.2) is 12.2 Å². The minimum absolute atomic E-state index is 0.00713. The van der Waals surface area contributed by atoms with Crippen molar-refractivity contribution < 1.29 is 99.2 Å². The van der Waals surface area contributed by atoms with Crippen LogP contribution in [0.1, 0.15) is 51.4 Å². The van der Waals surface area contributed by atoms with E-state index in [1.165, 1.54) is 13.2 Å². The SMILES string of the molecule is COC1CC(C=CC(=O)OCC2OC(OC3CC(O)CC4OC(C5CC(O)C(O)C(O)C5)C(OC5OC(CO)C(O)C(O)C5O)CC34)C(O)C(O)C2O)CCC1O. The van der Waals surface area contributed by atoms with Crippen LogP contribution in [0.2, 0.25) is 0 Å². The zero-order chi connectivity index (χ0) is 41.3. The first-order chi connectivity index (χ1) is 27.1. The molecule has 57 heavy (non-hydrogen) atoms. The highest BCUT2D eigenvalue weighted by Crippen LogP contribution is 2.45. The van der Waals surface area contributed by atoms with Crippen LogP contribution in [-0.4, -0.2) is 210 Å². The highest BCUT2D eigenvalue weighted by molar-refractivity contribution is 5.81. The summed E-state index contributed by atoms with van der Waals surface area (Å²) < 4.78 is 41.1. The zero-order valence-corrected chi connectivity index (χ0v) is 31.6. The summed E-state index contributed by atoms with van der Waals surface area (Å²) >= 11 is 0. The molecule has 3 aliphatic heterocycles. The lowest BCUT2D eigenvalue weighted by Crippen LogP contribution is -2.63. The average molecular weight is 825 g/mol. The number of carbonyl (C=O) groups excluding carboxylic acids is 1. The molecule has 0 spiro atoms. The monoisotopic (exact) mass is 824 g/mol. The molecule has 12 N–H and O–H groups in total. The molecule has 3 aliphatic carbocycles. The van der Waals surface area contributed by atoms with Crippen molar-refractivity contribution in [2.75, 3.05) is 20.3 Å². The van der Waals surface area contributed by atoms with E-state index in [0.29, 0.717) is 19.3 Å². The van der Waals surface area contributed by atoms with E-state index in [9.17, 15) is 66.1 Å². The molecule has 0 bridgehead atoms. The van der Waals surface area contributed by atoms with Gasteiger partial charge in [-0.25, -0.2) is 4.79 Å². The van der Waals surface area contributed by atoms with Crippen LogP contribution >= 0.6 is 0 Å². The van der Waals surface area contributed by atoms with Gasteiger partial charge in [0.15, 0.2) is 12.6 Å². The molecule has 3 saturated carbocycles. The lowest BCUT2D eigenvalue weighted by molar-refractivity contribution is -0.345. The second kappa shape index (κ2) is 19.5. The van der Waals surface area contributed by atoms with E-state index in [0.717, 1.165) is 0 Å². The molecule has 21 atom stereocenters. The molecule has 328 valence electrons. The maximum absolute atomic E-state index is 12.6. The first-order valence-corrected chi connectivity index (χ1v) is 19.8. The number of rotatable bonds is 11. The van der Waals surface area contributed by atoms with Gasteiger partial charge in [-0.2, -0.15) is 0 Å². The number of esters is 1. The van der Waals surface area contributed by atoms with E-state index in [-0.39, 0.29) is 44.1 Å². The molecule has 6 rings (SSSR count). The summed E-state index contributed by atoms with van der Waals surface area (Å²) in [5.74, 6) is -2.05. The van der Waals surface area contributed by atoms with Crippen molar-refractivity contribution in [3.8, 4) is 0 Å². The van der Waals surface area contributed by atoms with Crippen molar-refractivity contribution >= 4 is 5.97 Å². The molecule has 6 aliphatic rings. The van der Waals surface area contributed by atoms with Gasteiger partial charge in [0.05, 0.1) is 61.5 Å². The quantitative estimate of drug-likeness (QED) is 0.0686.